The summed E-state index contributed by atoms with van der Waals surface area (Å²) >= 11 is 0. The molecule has 0 aromatic carbocycles. The molecule has 0 saturated carbocycles. The van der Waals surface area contributed by atoms with Crippen molar-refractivity contribution in [1.29, 1.82) is 0 Å². The van der Waals surface area contributed by atoms with Gasteiger partial charge in [-0.15, -0.1) is 0 Å². The number of hydrogen-bond acceptors (Lipinski definition) is 2. The minimum Gasteiger partial charge on any atom is -0.481 e. The molecule has 20 heavy (non-hydrogen) atoms. The van der Waals surface area contributed by atoms with Crippen LogP contribution in [-0.4, -0.2) is 41.6 Å². The van der Waals surface area contributed by atoms with Crippen molar-refractivity contribution in [3.05, 3.63) is 11.6 Å². The Morgan fingerprint density at radius 1 is 1.40 bits per heavy atom. The molecule has 5 heteroatoms. The molecule has 0 bridgehead atoms. The van der Waals surface area contributed by atoms with Gasteiger partial charge in [0.25, 0.3) is 0 Å². The number of hydrogen-bond donors (Lipinski definition) is 2. The zero-order chi connectivity index (χ0) is 14.5. The fraction of sp³-hybridized carbons (Fsp3) is 0.733. The summed E-state index contributed by atoms with van der Waals surface area (Å²) in [7, 11) is 0. The first-order chi connectivity index (χ1) is 9.56. The largest absolute Gasteiger partial charge is 0.481 e. The van der Waals surface area contributed by atoms with Crippen LogP contribution in [-0.2, 0) is 4.79 Å². The highest BCUT2D eigenvalue weighted by Crippen LogP contribution is 2.22. The van der Waals surface area contributed by atoms with Gasteiger partial charge in [0.15, 0.2) is 0 Å². The van der Waals surface area contributed by atoms with Crippen LogP contribution in [0.5, 0.6) is 0 Å². The Hall–Kier alpha value is -1.52. The number of carboxylic acids is 1. The van der Waals surface area contributed by atoms with Crippen molar-refractivity contribution in [3.8, 4) is 0 Å². The van der Waals surface area contributed by atoms with E-state index in [4.69, 9.17) is 5.11 Å². The lowest BCUT2D eigenvalue weighted by molar-refractivity contribution is -0.143. The molecule has 0 aromatic heterocycles. The molecule has 2 N–H and O–H groups in total. The first-order valence-corrected chi connectivity index (χ1v) is 7.49. The second kappa shape index (κ2) is 6.77. The Morgan fingerprint density at radius 2 is 2.20 bits per heavy atom. The minimum absolute atomic E-state index is 0.130. The van der Waals surface area contributed by atoms with E-state index in [-0.39, 0.29) is 11.9 Å². The third-order valence-corrected chi connectivity index (χ3v) is 4.15. The highest BCUT2D eigenvalue weighted by molar-refractivity contribution is 5.76. The maximum absolute atomic E-state index is 12.1. The second-order valence-corrected chi connectivity index (χ2v) is 6.05. The summed E-state index contributed by atoms with van der Waals surface area (Å²) in [5.41, 5.74) is 1.30. The lowest BCUT2D eigenvalue weighted by Crippen LogP contribution is -2.49. The zero-order valence-electron chi connectivity index (χ0n) is 12.1. The zero-order valence-corrected chi connectivity index (χ0v) is 12.1. The third-order valence-electron chi connectivity index (χ3n) is 4.15. The number of piperidine rings is 1. The van der Waals surface area contributed by atoms with Gasteiger partial charge >= 0.3 is 12.0 Å². The molecule has 0 aromatic rings. The van der Waals surface area contributed by atoms with E-state index in [0.717, 1.165) is 12.8 Å². The molecule has 5 nitrogen and oxygen atoms in total. The molecule has 2 unspecified atom stereocenters. The number of carbonyl (C=O) groups is 2. The van der Waals surface area contributed by atoms with Gasteiger partial charge in [-0.05, 0) is 38.0 Å². The average molecular weight is 280 g/mol. The summed E-state index contributed by atoms with van der Waals surface area (Å²) in [4.78, 5) is 24.9. The van der Waals surface area contributed by atoms with Gasteiger partial charge in [-0.25, -0.2) is 4.79 Å². The number of aliphatic carboxylic acids is 1. The number of rotatable bonds is 3. The first kappa shape index (κ1) is 14.9. The number of allylic oxidation sites excluding steroid dienone is 1. The average Bonchev–Trinajstić information content (AvgIpc) is 2.45. The van der Waals surface area contributed by atoms with Crippen LogP contribution in [0.15, 0.2) is 11.6 Å². The summed E-state index contributed by atoms with van der Waals surface area (Å²) in [5.74, 6) is -0.993. The smallest absolute Gasteiger partial charge is 0.317 e. The number of nitrogens with one attached hydrogen (secondary N) is 1. The molecule has 0 spiro atoms. The van der Waals surface area contributed by atoms with Crippen LogP contribution in [0.1, 0.15) is 39.0 Å². The third kappa shape index (κ3) is 3.99. The SMILES string of the molecule is CC1CC(C(=O)O)CN(C(=O)NCC2=CCCCC2)C1. The highest BCUT2D eigenvalue weighted by Gasteiger charge is 2.31. The fourth-order valence-corrected chi connectivity index (χ4v) is 3.06. The molecule has 112 valence electrons. The van der Waals surface area contributed by atoms with Crippen molar-refractivity contribution >= 4 is 12.0 Å². The summed E-state index contributed by atoms with van der Waals surface area (Å²) in [6, 6.07) is -0.130. The Labute approximate surface area is 120 Å². The van der Waals surface area contributed by atoms with Crippen LogP contribution in [0.2, 0.25) is 0 Å². The van der Waals surface area contributed by atoms with Crippen LogP contribution in [0.4, 0.5) is 4.79 Å². The molecule has 1 aliphatic carbocycles. The Balaban J connectivity index is 1.84. The fourth-order valence-electron chi connectivity index (χ4n) is 3.06. The van der Waals surface area contributed by atoms with E-state index in [0.29, 0.717) is 26.1 Å². The maximum atomic E-state index is 12.1. The van der Waals surface area contributed by atoms with Gasteiger partial charge < -0.3 is 15.3 Å². The summed E-state index contributed by atoms with van der Waals surface area (Å²) in [6.07, 6.45) is 7.47. The molecule has 1 heterocycles. The molecule has 2 atom stereocenters. The predicted molar refractivity (Wildman–Crippen MR) is 76.4 cm³/mol. The Bertz CT molecular complexity index is 406. The standard InChI is InChI=1S/C15H24N2O3/c1-11-7-13(14(18)19)10-17(9-11)15(20)16-8-12-5-3-2-4-6-12/h5,11,13H,2-4,6-10H2,1H3,(H,16,20)(H,18,19). The molecule has 2 rings (SSSR count). The van der Waals surface area contributed by atoms with Gasteiger partial charge in [-0.3, -0.25) is 4.79 Å². The predicted octanol–water partition coefficient (Wildman–Crippen LogP) is 2.24. The quantitative estimate of drug-likeness (QED) is 0.779. The number of urea groups is 1. The molecular formula is C15H24N2O3. The van der Waals surface area contributed by atoms with Crippen molar-refractivity contribution in [2.24, 2.45) is 11.8 Å². The minimum atomic E-state index is -0.802. The molecule has 0 radical (unpaired) electrons. The Morgan fingerprint density at radius 3 is 2.85 bits per heavy atom. The topological polar surface area (TPSA) is 69.6 Å². The molecule has 1 saturated heterocycles. The van der Waals surface area contributed by atoms with Crippen molar-refractivity contribution in [2.45, 2.75) is 39.0 Å². The van der Waals surface area contributed by atoms with E-state index in [1.165, 1.54) is 18.4 Å². The lowest BCUT2D eigenvalue weighted by atomic mass is 9.91. The van der Waals surface area contributed by atoms with Crippen molar-refractivity contribution in [3.63, 3.8) is 0 Å². The van der Waals surface area contributed by atoms with Crippen LogP contribution in [0.25, 0.3) is 0 Å². The van der Waals surface area contributed by atoms with Crippen molar-refractivity contribution in [2.75, 3.05) is 19.6 Å². The summed E-state index contributed by atoms with van der Waals surface area (Å²) < 4.78 is 0. The maximum Gasteiger partial charge on any atom is 0.317 e. The number of carbonyl (C=O) groups excluding carboxylic acids is 1. The van der Waals surface area contributed by atoms with E-state index < -0.39 is 11.9 Å². The van der Waals surface area contributed by atoms with Gasteiger partial charge in [0, 0.05) is 19.6 Å². The normalized spacial score (nSPS) is 26.9. The van der Waals surface area contributed by atoms with Crippen molar-refractivity contribution in [1.82, 2.24) is 10.2 Å². The van der Waals surface area contributed by atoms with Gasteiger partial charge in [-0.1, -0.05) is 18.6 Å². The number of nitrogens with zero attached hydrogens (tertiary/aromatic N) is 1. The summed E-state index contributed by atoms with van der Waals surface area (Å²) in [6.45, 7) is 3.57. The van der Waals surface area contributed by atoms with E-state index in [1.54, 1.807) is 4.90 Å². The van der Waals surface area contributed by atoms with E-state index >= 15 is 0 Å². The van der Waals surface area contributed by atoms with Gasteiger partial charge in [-0.2, -0.15) is 0 Å². The molecule has 1 fully saturated rings. The van der Waals surface area contributed by atoms with Crippen LogP contribution in [0, 0.1) is 11.8 Å². The van der Waals surface area contributed by atoms with Gasteiger partial charge in [0.1, 0.15) is 0 Å². The monoisotopic (exact) mass is 280 g/mol. The van der Waals surface area contributed by atoms with Gasteiger partial charge in [0.05, 0.1) is 5.92 Å². The number of carboxylic acid groups (broad SMARTS) is 1. The van der Waals surface area contributed by atoms with E-state index in [1.807, 2.05) is 6.92 Å². The molecule has 1 aliphatic heterocycles. The highest BCUT2D eigenvalue weighted by atomic mass is 16.4. The van der Waals surface area contributed by atoms with Crippen molar-refractivity contribution < 1.29 is 14.7 Å². The second-order valence-electron chi connectivity index (χ2n) is 6.05. The molecular weight excluding hydrogens is 256 g/mol. The Kier molecular flexibility index (Phi) is 5.04. The van der Waals surface area contributed by atoms with E-state index in [2.05, 4.69) is 11.4 Å². The molecule has 2 amide bonds. The first-order valence-electron chi connectivity index (χ1n) is 7.49. The number of likely N-dealkylation sites (tertiary alicyclic amines) is 1. The summed E-state index contributed by atoms with van der Waals surface area (Å²) in [5, 5.41) is 12.0. The van der Waals surface area contributed by atoms with E-state index in [9.17, 15) is 9.59 Å². The van der Waals surface area contributed by atoms with Crippen LogP contribution >= 0.6 is 0 Å². The number of amides is 2. The van der Waals surface area contributed by atoms with Crippen LogP contribution < -0.4 is 5.32 Å². The van der Waals surface area contributed by atoms with Gasteiger partial charge in [0.2, 0.25) is 0 Å². The van der Waals surface area contributed by atoms with Crippen LogP contribution in [0.3, 0.4) is 0 Å². The lowest BCUT2D eigenvalue weighted by Gasteiger charge is -2.34. The molecule has 2 aliphatic rings.